The summed E-state index contributed by atoms with van der Waals surface area (Å²) in [7, 11) is -0.969. The van der Waals surface area contributed by atoms with Crippen molar-refractivity contribution in [2.45, 2.75) is 13.0 Å². The maximum absolute atomic E-state index is 11.1. The smallest absolute Gasteiger partial charge is 0.293 e. The highest BCUT2D eigenvalue weighted by Gasteiger charge is 2.18. The van der Waals surface area contributed by atoms with Crippen LogP contribution in [0, 0.1) is 10.1 Å². The van der Waals surface area contributed by atoms with Crippen LogP contribution in [0.4, 0.5) is 11.4 Å². The molecular formula is C10H13ClN2O3S. The fourth-order valence-electron chi connectivity index (χ4n) is 1.45. The molecule has 0 aliphatic heterocycles. The summed E-state index contributed by atoms with van der Waals surface area (Å²) in [5.74, 6) is 0.405. The first-order valence-electron chi connectivity index (χ1n) is 4.91. The molecule has 0 fully saturated rings. The van der Waals surface area contributed by atoms with Crippen molar-refractivity contribution in [3.8, 4) is 0 Å². The number of anilines is 1. The Morgan fingerprint density at radius 3 is 2.76 bits per heavy atom. The van der Waals surface area contributed by atoms with Gasteiger partial charge in [0, 0.05) is 34.9 Å². The molecule has 5 nitrogen and oxygen atoms in total. The van der Waals surface area contributed by atoms with Crippen molar-refractivity contribution in [1.82, 2.24) is 0 Å². The van der Waals surface area contributed by atoms with E-state index in [1.54, 1.807) is 19.2 Å². The van der Waals surface area contributed by atoms with Gasteiger partial charge in [-0.15, -0.1) is 0 Å². The van der Waals surface area contributed by atoms with Crippen molar-refractivity contribution in [2.75, 3.05) is 17.3 Å². The number of nitrogens with one attached hydrogen (secondary N) is 1. The van der Waals surface area contributed by atoms with E-state index in [2.05, 4.69) is 5.32 Å². The molecule has 0 aliphatic carbocycles. The monoisotopic (exact) mass is 276 g/mol. The number of nitro benzene ring substituents is 1. The molecule has 0 radical (unpaired) electrons. The van der Waals surface area contributed by atoms with Gasteiger partial charge < -0.3 is 5.32 Å². The summed E-state index contributed by atoms with van der Waals surface area (Å²) >= 11 is 5.91. The van der Waals surface area contributed by atoms with Crippen LogP contribution in [-0.2, 0) is 10.8 Å². The van der Waals surface area contributed by atoms with Crippen molar-refractivity contribution < 1.29 is 9.13 Å². The lowest BCUT2D eigenvalue weighted by Crippen LogP contribution is -2.23. The predicted molar refractivity (Wildman–Crippen MR) is 70.1 cm³/mol. The van der Waals surface area contributed by atoms with Gasteiger partial charge in [-0.3, -0.25) is 14.3 Å². The molecule has 0 heterocycles. The van der Waals surface area contributed by atoms with Crippen molar-refractivity contribution in [3.05, 3.63) is 33.3 Å². The van der Waals surface area contributed by atoms with E-state index in [-0.39, 0.29) is 22.4 Å². The fourth-order valence-corrected chi connectivity index (χ4v) is 2.46. The van der Waals surface area contributed by atoms with Crippen LogP contribution in [0.15, 0.2) is 18.2 Å². The third-order valence-electron chi connectivity index (χ3n) is 2.06. The molecule has 2 atom stereocenters. The first-order valence-corrected chi connectivity index (χ1v) is 7.01. The highest BCUT2D eigenvalue weighted by Crippen LogP contribution is 2.32. The largest absolute Gasteiger partial charge is 0.375 e. The van der Waals surface area contributed by atoms with Crippen LogP contribution in [0.1, 0.15) is 6.92 Å². The molecule has 0 bridgehead atoms. The second kappa shape index (κ2) is 5.97. The molecular weight excluding hydrogens is 264 g/mol. The summed E-state index contributed by atoms with van der Waals surface area (Å²) < 4.78 is 11.1. The topological polar surface area (TPSA) is 72.2 Å². The van der Waals surface area contributed by atoms with Crippen LogP contribution < -0.4 is 5.32 Å². The first-order chi connectivity index (χ1) is 7.91. The molecule has 1 rings (SSSR count). The van der Waals surface area contributed by atoms with E-state index in [4.69, 9.17) is 11.6 Å². The number of halogens is 1. The molecule has 7 heteroatoms. The number of nitro groups is 1. The highest BCUT2D eigenvalue weighted by molar-refractivity contribution is 7.84. The zero-order valence-electron chi connectivity index (χ0n) is 9.47. The standard InChI is InChI=1S/C10H13ClN2O3S/c1-7(6-17(2)16)12-10-8(11)4-3-5-9(10)13(14)15/h3-5,7,12H,6H2,1-2H3. The van der Waals surface area contributed by atoms with Crippen LogP contribution >= 0.6 is 11.6 Å². The molecule has 0 aliphatic rings. The highest BCUT2D eigenvalue weighted by atomic mass is 35.5. The Balaban J connectivity index is 2.96. The van der Waals surface area contributed by atoms with Gasteiger partial charge >= 0.3 is 0 Å². The van der Waals surface area contributed by atoms with E-state index >= 15 is 0 Å². The maximum Gasteiger partial charge on any atom is 0.293 e. The Hall–Kier alpha value is -1.14. The van der Waals surface area contributed by atoms with Gasteiger partial charge in [-0.2, -0.15) is 0 Å². The minimum atomic E-state index is -0.969. The molecule has 1 aromatic carbocycles. The second-order valence-electron chi connectivity index (χ2n) is 3.68. The van der Waals surface area contributed by atoms with E-state index in [1.807, 2.05) is 0 Å². The van der Waals surface area contributed by atoms with Gasteiger partial charge in [0.25, 0.3) is 5.69 Å². The van der Waals surface area contributed by atoms with Crippen LogP contribution in [0.25, 0.3) is 0 Å². The molecule has 0 saturated carbocycles. The summed E-state index contributed by atoms with van der Waals surface area (Å²) in [6, 6.07) is 4.32. The van der Waals surface area contributed by atoms with Crippen LogP contribution in [-0.4, -0.2) is 27.2 Å². The van der Waals surface area contributed by atoms with Gasteiger partial charge in [0.1, 0.15) is 5.69 Å². The normalized spacial score (nSPS) is 14.1. The maximum atomic E-state index is 11.1. The zero-order chi connectivity index (χ0) is 13.0. The van der Waals surface area contributed by atoms with Gasteiger partial charge in [0.2, 0.25) is 0 Å². The molecule has 0 spiro atoms. The minimum absolute atomic E-state index is 0.0776. The van der Waals surface area contributed by atoms with E-state index in [1.165, 1.54) is 12.1 Å². The Morgan fingerprint density at radius 2 is 2.24 bits per heavy atom. The van der Waals surface area contributed by atoms with Crippen LogP contribution in [0.2, 0.25) is 5.02 Å². The Kier molecular flexibility index (Phi) is 4.89. The second-order valence-corrected chi connectivity index (χ2v) is 5.56. The average molecular weight is 277 g/mol. The van der Waals surface area contributed by atoms with Crippen LogP contribution in [0.3, 0.4) is 0 Å². The average Bonchev–Trinajstić information content (AvgIpc) is 2.19. The molecule has 0 amide bonds. The van der Waals surface area contributed by atoms with Crippen molar-refractivity contribution in [2.24, 2.45) is 0 Å². The lowest BCUT2D eigenvalue weighted by Gasteiger charge is -2.14. The summed E-state index contributed by atoms with van der Waals surface area (Å²) in [6.45, 7) is 1.80. The van der Waals surface area contributed by atoms with Crippen molar-refractivity contribution in [1.29, 1.82) is 0 Å². The minimum Gasteiger partial charge on any atom is -0.375 e. The van der Waals surface area contributed by atoms with Gasteiger partial charge in [-0.1, -0.05) is 17.7 Å². The third kappa shape index (κ3) is 3.98. The Morgan fingerprint density at radius 1 is 1.59 bits per heavy atom. The lowest BCUT2D eigenvalue weighted by molar-refractivity contribution is -0.384. The SMILES string of the molecule is CC(CS(C)=O)Nc1c(Cl)cccc1[N+](=O)[O-]. The van der Waals surface area contributed by atoms with Crippen molar-refractivity contribution in [3.63, 3.8) is 0 Å². The van der Waals surface area contributed by atoms with Gasteiger partial charge in [-0.05, 0) is 13.0 Å². The lowest BCUT2D eigenvalue weighted by atomic mass is 10.2. The number of para-hydroxylation sites is 1. The van der Waals surface area contributed by atoms with Gasteiger partial charge in [-0.25, -0.2) is 0 Å². The molecule has 17 heavy (non-hydrogen) atoms. The summed E-state index contributed by atoms with van der Waals surface area (Å²) in [5, 5.41) is 14.0. The summed E-state index contributed by atoms with van der Waals surface area (Å²) in [4.78, 5) is 10.3. The fraction of sp³-hybridized carbons (Fsp3) is 0.400. The van der Waals surface area contributed by atoms with Gasteiger partial charge in [0.15, 0.2) is 0 Å². The Labute approximate surface area is 107 Å². The molecule has 0 saturated heterocycles. The predicted octanol–water partition coefficient (Wildman–Crippen LogP) is 2.43. The van der Waals surface area contributed by atoms with E-state index in [0.29, 0.717) is 5.75 Å². The third-order valence-corrected chi connectivity index (χ3v) is 3.35. The number of rotatable bonds is 5. The first kappa shape index (κ1) is 13.9. The van der Waals surface area contributed by atoms with E-state index in [0.717, 1.165) is 0 Å². The van der Waals surface area contributed by atoms with E-state index in [9.17, 15) is 14.3 Å². The van der Waals surface area contributed by atoms with Crippen LogP contribution in [0.5, 0.6) is 0 Å². The quantitative estimate of drug-likeness (QED) is 0.662. The number of benzene rings is 1. The summed E-state index contributed by atoms with van der Waals surface area (Å²) in [6.07, 6.45) is 1.58. The molecule has 1 N–H and O–H groups in total. The molecule has 94 valence electrons. The van der Waals surface area contributed by atoms with Crippen molar-refractivity contribution >= 4 is 33.8 Å². The van der Waals surface area contributed by atoms with Gasteiger partial charge in [0.05, 0.1) is 9.95 Å². The zero-order valence-corrected chi connectivity index (χ0v) is 11.0. The Bertz CT molecular complexity index is 453. The molecule has 2 unspecified atom stereocenters. The number of hydrogen-bond acceptors (Lipinski definition) is 4. The summed E-state index contributed by atoms with van der Waals surface area (Å²) in [5.41, 5.74) is 0.198. The molecule has 0 aromatic heterocycles. The number of hydrogen-bond donors (Lipinski definition) is 1. The molecule has 1 aromatic rings. The van der Waals surface area contributed by atoms with E-state index < -0.39 is 15.7 Å². The number of nitrogens with zero attached hydrogens (tertiary/aromatic N) is 1.